The molecular formula is C12H17I. The molecule has 1 unspecified atom stereocenters. The maximum absolute atomic E-state index is 2.46. The Kier molecular flexibility index (Phi) is 5.44. The van der Waals surface area contributed by atoms with Crippen molar-refractivity contribution < 1.29 is 0 Å². The minimum Gasteiger partial charge on any atom is -0.0864 e. The van der Waals surface area contributed by atoms with E-state index < -0.39 is 0 Å². The van der Waals surface area contributed by atoms with Crippen molar-refractivity contribution in [3.05, 3.63) is 35.9 Å². The highest BCUT2D eigenvalue weighted by Crippen LogP contribution is 2.13. The Bertz CT molecular complexity index is 218. The van der Waals surface area contributed by atoms with Crippen LogP contribution in [0.3, 0.4) is 0 Å². The summed E-state index contributed by atoms with van der Waals surface area (Å²) in [5.41, 5.74) is 1.47. The Hall–Kier alpha value is -0.0500. The van der Waals surface area contributed by atoms with E-state index in [9.17, 15) is 0 Å². The molecule has 72 valence electrons. The lowest BCUT2D eigenvalue weighted by Crippen LogP contribution is -1.97. The van der Waals surface area contributed by atoms with Gasteiger partial charge in [-0.05, 0) is 35.2 Å². The van der Waals surface area contributed by atoms with E-state index in [-0.39, 0.29) is 0 Å². The number of halogens is 1. The van der Waals surface area contributed by atoms with E-state index in [0.717, 1.165) is 5.92 Å². The molecule has 0 radical (unpaired) electrons. The van der Waals surface area contributed by atoms with Gasteiger partial charge in [0.25, 0.3) is 0 Å². The van der Waals surface area contributed by atoms with Crippen LogP contribution in [0.1, 0.15) is 25.3 Å². The van der Waals surface area contributed by atoms with Gasteiger partial charge in [0.05, 0.1) is 0 Å². The van der Waals surface area contributed by atoms with Crippen LogP contribution in [0.5, 0.6) is 0 Å². The summed E-state index contributed by atoms with van der Waals surface area (Å²) >= 11 is 2.46. The zero-order valence-corrected chi connectivity index (χ0v) is 10.3. The summed E-state index contributed by atoms with van der Waals surface area (Å²) in [6.45, 7) is 2.35. The summed E-state index contributed by atoms with van der Waals surface area (Å²) < 4.78 is 1.29. The van der Waals surface area contributed by atoms with Crippen LogP contribution in [0, 0.1) is 5.92 Å². The molecule has 0 spiro atoms. The third-order valence-corrected chi connectivity index (χ3v) is 2.99. The van der Waals surface area contributed by atoms with Crippen LogP contribution >= 0.6 is 22.6 Å². The topological polar surface area (TPSA) is 0 Å². The van der Waals surface area contributed by atoms with Gasteiger partial charge in [0.2, 0.25) is 0 Å². The van der Waals surface area contributed by atoms with Gasteiger partial charge in [0.1, 0.15) is 0 Å². The normalized spacial score (nSPS) is 12.8. The first kappa shape index (κ1) is 11.0. The van der Waals surface area contributed by atoms with Gasteiger partial charge >= 0.3 is 0 Å². The van der Waals surface area contributed by atoms with E-state index >= 15 is 0 Å². The van der Waals surface area contributed by atoms with Crippen molar-refractivity contribution in [1.29, 1.82) is 0 Å². The second kappa shape index (κ2) is 6.41. The van der Waals surface area contributed by atoms with Crippen molar-refractivity contribution in [3.63, 3.8) is 0 Å². The molecule has 13 heavy (non-hydrogen) atoms. The van der Waals surface area contributed by atoms with Gasteiger partial charge in [-0.15, -0.1) is 0 Å². The predicted molar refractivity (Wildman–Crippen MR) is 67.4 cm³/mol. The highest BCUT2D eigenvalue weighted by molar-refractivity contribution is 14.1. The average Bonchev–Trinajstić information content (AvgIpc) is 2.17. The maximum Gasteiger partial charge on any atom is -0.000219 e. The van der Waals surface area contributed by atoms with Crippen LogP contribution < -0.4 is 0 Å². The molecule has 0 saturated heterocycles. The first-order valence-corrected chi connectivity index (χ1v) is 6.45. The monoisotopic (exact) mass is 288 g/mol. The first-order chi connectivity index (χ1) is 6.33. The largest absolute Gasteiger partial charge is 0.0864 e. The van der Waals surface area contributed by atoms with Crippen LogP contribution in [-0.2, 0) is 6.42 Å². The summed E-state index contributed by atoms with van der Waals surface area (Å²) in [7, 11) is 0. The summed E-state index contributed by atoms with van der Waals surface area (Å²) in [5, 5.41) is 0. The van der Waals surface area contributed by atoms with Gasteiger partial charge in [-0.25, -0.2) is 0 Å². The van der Waals surface area contributed by atoms with Crippen LogP contribution in [0.4, 0.5) is 0 Å². The Morgan fingerprint density at radius 3 is 2.46 bits per heavy atom. The highest BCUT2D eigenvalue weighted by Gasteiger charge is 2.00. The SMILES string of the molecule is CC(CCI)CCc1ccccc1. The predicted octanol–water partition coefficient (Wildman–Crippen LogP) is 4.08. The van der Waals surface area contributed by atoms with Crippen LogP contribution in [-0.4, -0.2) is 4.43 Å². The molecule has 0 heterocycles. The lowest BCUT2D eigenvalue weighted by molar-refractivity contribution is 0.523. The van der Waals surface area contributed by atoms with Crippen LogP contribution in [0.15, 0.2) is 30.3 Å². The molecule has 0 aliphatic heterocycles. The van der Waals surface area contributed by atoms with Crippen molar-refractivity contribution in [2.24, 2.45) is 5.92 Å². The molecular weight excluding hydrogens is 271 g/mol. The van der Waals surface area contributed by atoms with E-state index in [1.54, 1.807) is 0 Å². The van der Waals surface area contributed by atoms with Gasteiger partial charge in [0, 0.05) is 0 Å². The van der Waals surface area contributed by atoms with Gasteiger partial charge in [-0.1, -0.05) is 59.8 Å². The minimum atomic E-state index is 0.872. The fraction of sp³-hybridized carbons (Fsp3) is 0.500. The van der Waals surface area contributed by atoms with Gasteiger partial charge < -0.3 is 0 Å². The molecule has 0 aliphatic carbocycles. The molecule has 0 fully saturated rings. The molecule has 1 heteroatoms. The number of aryl methyl sites for hydroxylation is 1. The van der Waals surface area contributed by atoms with Crippen molar-refractivity contribution in [3.8, 4) is 0 Å². The molecule has 0 nitrogen and oxygen atoms in total. The van der Waals surface area contributed by atoms with Crippen molar-refractivity contribution in [1.82, 2.24) is 0 Å². The fourth-order valence-corrected chi connectivity index (χ4v) is 2.45. The molecule has 1 aromatic rings. The molecule has 0 N–H and O–H groups in total. The summed E-state index contributed by atoms with van der Waals surface area (Å²) in [6.07, 6.45) is 3.92. The van der Waals surface area contributed by atoms with E-state index in [1.165, 1.54) is 29.3 Å². The zero-order chi connectivity index (χ0) is 9.52. The average molecular weight is 288 g/mol. The number of hydrogen-bond donors (Lipinski definition) is 0. The Labute approximate surface area is 94.9 Å². The summed E-state index contributed by atoms with van der Waals surface area (Å²) in [5.74, 6) is 0.872. The fourth-order valence-electron chi connectivity index (χ4n) is 1.39. The Balaban J connectivity index is 2.27. The number of alkyl halides is 1. The van der Waals surface area contributed by atoms with E-state index in [4.69, 9.17) is 0 Å². The molecule has 0 amide bonds. The van der Waals surface area contributed by atoms with Crippen molar-refractivity contribution in [2.45, 2.75) is 26.2 Å². The lowest BCUT2D eigenvalue weighted by atomic mass is 9.99. The van der Waals surface area contributed by atoms with E-state index in [2.05, 4.69) is 59.8 Å². The highest BCUT2D eigenvalue weighted by atomic mass is 127. The van der Waals surface area contributed by atoms with Crippen molar-refractivity contribution in [2.75, 3.05) is 4.43 Å². The van der Waals surface area contributed by atoms with E-state index in [1.807, 2.05) is 0 Å². The van der Waals surface area contributed by atoms with Crippen LogP contribution in [0.25, 0.3) is 0 Å². The van der Waals surface area contributed by atoms with Gasteiger partial charge in [0.15, 0.2) is 0 Å². The minimum absolute atomic E-state index is 0.872. The van der Waals surface area contributed by atoms with Crippen LogP contribution in [0.2, 0.25) is 0 Å². The van der Waals surface area contributed by atoms with Gasteiger partial charge in [-0.3, -0.25) is 0 Å². The third kappa shape index (κ3) is 4.65. The lowest BCUT2D eigenvalue weighted by Gasteiger charge is -2.08. The number of hydrogen-bond acceptors (Lipinski definition) is 0. The maximum atomic E-state index is 2.46. The number of rotatable bonds is 5. The molecule has 1 atom stereocenters. The van der Waals surface area contributed by atoms with Gasteiger partial charge in [-0.2, -0.15) is 0 Å². The van der Waals surface area contributed by atoms with E-state index in [0.29, 0.717) is 0 Å². The summed E-state index contributed by atoms with van der Waals surface area (Å²) in [6, 6.07) is 10.8. The Morgan fingerprint density at radius 2 is 1.85 bits per heavy atom. The second-order valence-corrected chi connectivity index (χ2v) is 4.69. The molecule has 0 bridgehead atoms. The summed E-state index contributed by atoms with van der Waals surface area (Å²) in [4.78, 5) is 0. The molecule has 1 rings (SSSR count). The Morgan fingerprint density at radius 1 is 1.15 bits per heavy atom. The number of benzene rings is 1. The first-order valence-electron chi connectivity index (χ1n) is 4.93. The quantitative estimate of drug-likeness (QED) is 0.565. The smallest absolute Gasteiger partial charge is 0.000219 e. The van der Waals surface area contributed by atoms with Crippen molar-refractivity contribution >= 4 is 22.6 Å². The molecule has 0 aromatic heterocycles. The molecule has 0 aliphatic rings. The third-order valence-electron chi connectivity index (χ3n) is 2.37. The standard InChI is InChI=1S/C12H17I/c1-11(9-10-13)7-8-12-5-3-2-4-6-12/h2-6,11H,7-10H2,1H3. The molecule has 1 aromatic carbocycles. The zero-order valence-electron chi connectivity index (χ0n) is 8.17. The second-order valence-electron chi connectivity index (χ2n) is 3.61. The molecule has 0 saturated carbocycles.